The van der Waals surface area contributed by atoms with E-state index in [0.717, 1.165) is 58.1 Å². The highest BCUT2D eigenvalue weighted by Crippen LogP contribution is 2.36. The SMILES string of the molecule is Cc1c(C(=O)OC2CCCCC2)sc2ncnc(Nc3cccc4cccnc34)c12. The first-order valence-electron chi connectivity index (χ1n) is 10.3. The standard InChI is InChI=1S/C23H22N4O2S/c1-14-18-21(27-17-11-5-7-15-8-6-12-24-19(15)17)25-13-26-22(18)30-20(14)23(28)29-16-9-3-2-4-10-16/h5-8,11-13,16H,2-4,9-10H2,1H3,(H,25,26,27). The maximum Gasteiger partial charge on any atom is 0.348 e. The third-order valence-electron chi connectivity index (χ3n) is 5.62. The number of carbonyl (C=O) groups excluding carboxylic acids is 1. The molecule has 1 saturated carbocycles. The van der Waals surface area contributed by atoms with Crippen LogP contribution in [0.3, 0.4) is 0 Å². The number of fused-ring (bicyclic) bond motifs is 2. The number of ether oxygens (including phenoxy) is 1. The second kappa shape index (κ2) is 7.99. The van der Waals surface area contributed by atoms with Gasteiger partial charge in [0.15, 0.2) is 0 Å². The molecule has 1 aliphatic carbocycles. The lowest BCUT2D eigenvalue weighted by Crippen LogP contribution is -2.20. The second-order valence-electron chi connectivity index (χ2n) is 7.63. The fourth-order valence-corrected chi connectivity index (χ4v) is 5.11. The third kappa shape index (κ3) is 3.50. The maximum absolute atomic E-state index is 12.9. The molecule has 1 aromatic carbocycles. The monoisotopic (exact) mass is 418 g/mol. The number of benzene rings is 1. The zero-order chi connectivity index (χ0) is 20.5. The van der Waals surface area contributed by atoms with Crippen molar-refractivity contribution in [2.45, 2.75) is 45.1 Å². The van der Waals surface area contributed by atoms with Gasteiger partial charge in [-0.2, -0.15) is 0 Å². The van der Waals surface area contributed by atoms with Gasteiger partial charge in [0.2, 0.25) is 0 Å². The van der Waals surface area contributed by atoms with E-state index in [1.165, 1.54) is 24.1 Å². The number of nitrogens with zero attached hydrogens (tertiary/aromatic N) is 3. The molecule has 0 spiro atoms. The van der Waals surface area contributed by atoms with E-state index in [1.54, 1.807) is 6.20 Å². The molecule has 6 nitrogen and oxygen atoms in total. The smallest absolute Gasteiger partial charge is 0.348 e. The molecule has 4 aromatic rings. The van der Waals surface area contributed by atoms with Crippen LogP contribution in [0, 0.1) is 6.92 Å². The molecule has 3 heterocycles. The summed E-state index contributed by atoms with van der Waals surface area (Å²) in [6.07, 6.45) is 8.72. The quantitative estimate of drug-likeness (QED) is 0.423. The van der Waals surface area contributed by atoms with Gasteiger partial charge in [0.05, 0.1) is 16.6 Å². The van der Waals surface area contributed by atoms with E-state index in [1.807, 2.05) is 37.3 Å². The van der Waals surface area contributed by atoms with Gasteiger partial charge in [-0.15, -0.1) is 11.3 Å². The van der Waals surface area contributed by atoms with E-state index in [2.05, 4.69) is 20.3 Å². The lowest BCUT2D eigenvalue weighted by atomic mass is 9.98. The summed E-state index contributed by atoms with van der Waals surface area (Å²) in [5.41, 5.74) is 2.59. The number of carbonyl (C=O) groups is 1. The van der Waals surface area contributed by atoms with Crippen LogP contribution in [0.2, 0.25) is 0 Å². The minimum Gasteiger partial charge on any atom is -0.458 e. The predicted octanol–water partition coefficient (Wildman–Crippen LogP) is 5.78. The van der Waals surface area contributed by atoms with Crippen LogP contribution < -0.4 is 5.32 Å². The lowest BCUT2D eigenvalue weighted by Gasteiger charge is -2.21. The van der Waals surface area contributed by atoms with Crippen molar-refractivity contribution in [3.05, 3.63) is 53.3 Å². The summed E-state index contributed by atoms with van der Waals surface area (Å²) in [6, 6.07) is 9.93. The fourth-order valence-electron chi connectivity index (χ4n) is 4.08. The molecule has 0 aliphatic heterocycles. The summed E-state index contributed by atoms with van der Waals surface area (Å²) < 4.78 is 5.80. The van der Waals surface area contributed by atoms with Crippen LogP contribution in [0.25, 0.3) is 21.1 Å². The van der Waals surface area contributed by atoms with Crippen LogP contribution in [0.15, 0.2) is 42.9 Å². The molecule has 30 heavy (non-hydrogen) atoms. The van der Waals surface area contributed by atoms with E-state index < -0.39 is 0 Å². The molecular weight excluding hydrogens is 396 g/mol. The van der Waals surface area contributed by atoms with E-state index in [0.29, 0.717) is 10.7 Å². The van der Waals surface area contributed by atoms with Gasteiger partial charge in [0.25, 0.3) is 0 Å². The maximum atomic E-state index is 12.9. The van der Waals surface area contributed by atoms with Crippen LogP contribution in [0.5, 0.6) is 0 Å². The van der Waals surface area contributed by atoms with Crippen LogP contribution in [-0.2, 0) is 4.74 Å². The third-order valence-corrected chi connectivity index (χ3v) is 6.80. The van der Waals surface area contributed by atoms with Gasteiger partial charge >= 0.3 is 5.97 Å². The average Bonchev–Trinajstić information content (AvgIpc) is 3.12. The molecule has 0 unspecified atom stereocenters. The molecule has 0 saturated heterocycles. The Morgan fingerprint density at radius 2 is 1.93 bits per heavy atom. The number of esters is 1. The van der Waals surface area contributed by atoms with Crippen LogP contribution in [-0.4, -0.2) is 27.0 Å². The molecule has 152 valence electrons. The van der Waals surface area contributed by atoms with Gasteiger partial charge in [0.1, 0.15) is 28.0 Å². The Labute approximate surface area is 178 Å². The minimum absolute atomic E-state index is 0.0290. The zero-order valence-corrected chi connectivity index (χ0v) is 17.5. The summed E-state index contributed by atoms with van der Waals surface area (Å²) in [6.45, 7) is 1.94. The number of nitrogens with one attached hydrogen (secondary N) is 1. The van der Waals surface area contributed by atoms with Gasteiger partial charge in [-0.05, 0) is 50.3 Å². The van der Waals surface area contributed by atoms with Crippen LogP contribution in [0.1, 0.15) is 47.3 Å². The number of pyridine rings is 1. The first-order valence-corrected chi connectivity index (χ1v) is 11.1. The average molecular weight is 419 g/mol. The molecule has 1 aliphatic rings. The van der Waals surface area contributed by atoms with Crippen molar-refractivity contribution < 1.29 is 9.53 Å². The first-order chi connectivity index (χ1) is 14.7. The van der Waals surface area contributed by atoms with Gasteiger partial charge in [-0.1, -0.05) is 24.6 Å². The number of para-hydroxylation sites is 1. The summed E-state index contributed by atoms with van der Waals surface area (Å²) in [5, 5.41) is 5.31. The predicted molar refractivity (Wildman–Crippen MR) is 119 cm³/mol. The van der Waals surface area contributed by atoms with Crippen molar-refractivity contribution in [3.8, 4) is 0 Å². The molecule has 0 bridgehead atoms. The highest BCUT2D eigenvalue weighted by atomic mass is 32.1. The topological polar surface area (TPSA) is 77.0 Å². The Hall–Kier alpha value is -3.06. The molecule has 0 radical (unpaired) electrons. The number of aryl methyl sites for hydroxylation is 1. The summed E-state index contributed by atoms with van der Waals surface area (Å²) in [7, 11) is 0. The van der Waals surface area contributed by atoms with Crippen molar-refractivity contribution in [3.63, 3.8) is 0 Å². The Kier molecular flexibility index (Phi) is 5.04. The molecule has 0 amide bonds. The van der Waals surface area contributed by atoms with Crippen molar-refractivity contribution in [1.82, 2.24) is 15.0 Å². The second-order valence-corrected chi connectivity index (χ2v) is 8.63. The largest absolute Gasteiger partial charge is 0.458 e. The van der Waals surface area contributed by atoms with Gasteiger partial charge in [-0.3, -0.25) is 4.98 Å². The summed E-state index contributed by atoms with van der Waals surface area (Å²) in [5.74, 6) is 0.420. The molecule has 7 heteroatoms. The van der Waals surface area contributed by atoms with Gasteiger partial charge in [-0.25, -0.2) is 14.8 Å². The molecule has 1 N–H and O–H groups in total. The molecule has 1 fully saturated rings. The van der Waals surface area contributed by atoms with Crippen LogP contribution >= 0.6 is 11.3 Å². The Morgan fingerprint density at radius 1 is 1.10 bits per heavy atom. The van der Waals surface area contributed by atoms with E-state index in [4.69, 9.17) is 4.74 Å². The molecule has 3 aromatic heterocycles. The van der Waals surface area contributed by atoms with E-state index >= 15 is 0 Å². The Balaban J connectivity index is 1.50. The molecule has 5 rings (SSSR count). The zero-order valence-electron chi connectivity index (χ0n) is 16.7. The summed E-state index contributed by atoms with van der Waals surface area (Å²) in [4.78, 5) is 27.6. The number of thiophene rings is 1. The first kappa shape index (κ1) is 18.9. The number of aromatic nitrogens is 3. The number of hydrogen-bond acceptors (Lipinski definition) is 7. The Bertz CT molecular complexity index is 1230. The Morgan fingerprint density at radius 3 is 2.80 bits per heavy atom. The van der Waals surface area contributed by atoms with Crippen molar-refractivity contribution in [2.24, 2.45) is 0 Å². The van der Waals surface area contributed by atoms with E-state index in [-0.39, 0.29) is 12.1 Å². The van der Waals surface area contributed by atoms with Crippen LogP contribution in [0.4, 0.5) is 11.5 Å². The van der Waals surface area contributed by atoms with Crippen molar-refractivity contribution in [1.29, 1.82) is 0 Å². The summed E-state index contributed by atoms with van der Waals surface area (Å²) >= 11 is 1.37. The normalized spacial score (nSPS) is 14.8. The van der Waals surface area contributed by atoms with Crippen molar-refractivity contribution in [2.75, 3.05) is 5.32 Å². The van der Waals surface area contributed by atoms with Gasteiger partial charge < -0.3 is 10.1 Å². The number of hydrogen-bond donors (Lipinski definition) is 1. The van der Waals surface area contributed by atoms with Gasteiger partial charge in [0, 0.05) is 11.6 Å². The minimum atomic E-state index is -0.250. The highest BCUT2D eigenvalue weighted by Gasteiger charge is 2.24. The number of anilines is 2. The highest BCUT2D eigenvalue weighted by molar-refractivity contribution is 7.20. The molecular formula is C23H22N4O2S. The van der Waals surface area contributed by atoms with E-state index in [9.17, 15) is 4.79 Å². The lowest BCUT2D eigenvalue weighted by molar-refractivity contribution is 0.0216. The van der Waals surface area contributed by atoms with Crippen molar-refractivity contribution >= 4 is 49.9 Å². The number of rotatable bonds is 4. The molecule has 0 atom stereocenters. The fraction of sp³-hybridized carbons (Fsp3) is 0.304.